The molecule has 45 heavy (non-hydrogen) atoms. The topological polar surface area (TPSA) is 88.4 Å². The van der Waals surface area contributed by atoms with Crippen molar-refractivity contribution in [3.63, 3.8) is 0 Å². The summed E-state index contributed by atoms with van der Waals surface area (Å²) in [6.07, 6.45) is -2.49. The second-order valence-electron chi connectivity index (χ2n) is 12.5. The van der Waals surface area contributed by atoms with E-state index in [2.05, 4.69) is 20.7 Å². The minimum Gasteiger partial charge on any atom is -0.349 e. The van der Waals surface area contributed by atoms with E-state index in [9.17, 15) is 40.3 Å². The number of alkyl halides is 7. The van der Waals surface area contributed by atoms with Gasteiger partial charge in [0.1, 0.15) is 0 Å². The summed E-state index contributed by atoms with van der Waals surface area (Å²) in [6.45, 7) is 0. The maximum atomic E-state index is 14.1. The molecular weight excluding hydrogens is 607 g/mol. The Kier molecular flexibility index (Phi) is 8.05. The first-order chi connectivity index (χ1) is 21.2. The van der Waals surface area contributed by atoms with E-state index in [1.165, 1.54) is 28.9 Å². The van der Waals surface area contributed by atoms with Crippen LogP contribution in [0.1, 0.15) is 103 Å². The molecule has 6 rings (SSSR count). The number of carbonyl (C=O) groups is 2. The van der Waals surface area contributed by atoms with Crippen LogP contribution in [0.4, 0.5) is 30.7 Å². The average Bonchev–Trinajstić information content (AvgIpc) is 3.88. The Morgan fingerprint density at radius 2 is 1.67 bits per heavy atom. The number of nitrogens with zero attached hydrogens (tertiary/aromatic N) is 3. The fourth-order valence-electron chi connectivity index (χ4n) is 6.16. The van der Waals surface area contributed by atoms with Crippen molar-refractivity contribution in [1.29, 1.82) is 0 Å². The molecule has 0 radical (unpaired) electrons. The van der Waals surface area contributed by atoms with Crippen LogP contribution >= 0.6 is 0 Å². The molecule has 2 aromatic heterocycles. The molecule has 14 heteroatoms. The van der Waals surface area contributed by atoms with Gasteiger partial charge in [0.15, 0.2) is 5.65 Å². The van der Waals surface area contributed by atoms with Gasteiger partial charge in [-0.05, 0) is 66.8 Å². The van der Waals surface area contributed by atoms with Crippen molar-refractivity contribution >= 4 is 17.5 Å². The van der Waals surface area contributed by atoms with Gasteiger partial charge in [-0.25, -0.2) is 27.1 Å². The SMILES string of the molecule is O=C(CCC(F)(F)F)NC(c1cnn2cc([C@@H](NC(=O)c3cccc(C4CC4(F)F)c3)C3CCC(F)(F)CC3)nc2c1)C1CC1. The number of amides is 2. The van der Waals surface area contributed by atoms with Gasteiger partial charge in [-0.2, -0.15) is 18.3 Å². The van der Waals surface area contributed by atoms with E-state index in [0.29, 0.717) is 22.5 Å². The highest BCUT2D eigenvalue weighted by Crippen LogP contribution is 2.55. The summed E-state index contributed by atoms with van der Waals surface area (Å²) in [5.41, 5.74) is 1.79. The van der Waals surface area contributed by atoms with Crippen LogP contribution in [0.15, 0.2) is 42.7 Å². The van der Waals surface area contributed by atoms with Gasteiger partial charge in [0.05, 0.1) is 42.5 Å². The summed E-state index contributed by atoms with van der Waals surface area (Å²) < 4.78 is 94.8. The van der Waals surface area contributed by atoms with E-state index in [1.807, 2.05) is 0 Å². The average molecular weight is 640 g/mol. The van der Waals surface area contributed by atoms with Crippen molar-refractivity contribution in [2.24, 2.45) is 11.8 Å². The highest BCUT2D eigenvalue weighted by atomic mass is 19.4. The lowest BCUT2D eigenvalue weighted by Gasteiger charge is -2.33. The van der Waals surface area contributed by atoms with Crippen LogP contribution in [0.5, 0.6) is 0 Å². The van der Waals surface area contributed by atoms with E-state index in [0.717, 1.165) is 12.8 Å². The number of halogens is 7. The Balaban J connectivity index is 1.24. The van der Waals surface area contributed by atoms with E-state index in [4.69, 9.17) is 0 Å². The molecular formula is C31H32F7N5O2. The zero-order valence-corrected chi connectivity index (χ0v) is 24.1. The van der Waals surface area contributed by atoms with Crippen LogP contribution < -0.4 is 10.6 Å². The number of rotatable bonds is 10. The van der Waals surface area contributed by atoms with E-state index >= 15 is 0 Å². The summed E-state index contributed by atoms with van der Waals surface area (Å²) in [5.74, 6) is -8.19. The molecule has 0 spiro atoms. The number of fused-ring (bicyclic) bond motifs is 1. The van der Waals surface area contributed by atoms with Gasteiger partial charge in [0.25, 0.3) is 11.8 Å². The van der Waals surface area contributed by atoms with E-state index in [1.54, 1.807) is 18.3 Å². The summed E-state index contributed by atoms with van der Waals surface area (Å²) >= 11 is 0. The molecule has 2 amide bonds. The summed E-state index contributed by atoms with van der Waals surface area (Å²) in [7, 11) is 0. The molecule has 2 heterocycles. The van der Waals surface area contributed by atoms with Crippen LogP contribution in [-0.2, 0) is 4.79 Å². The molecule has 3 atom stereocenters. The van der Waals surface area contributed by atoms with Gasteiger partial charge in [-0.15, -0.1) is 0 Å². The van der Waals surface area contributed by atoms with Gasteiger partial charge in [0.2, 0.25) is 11.8 Å². The predicted molar refractivity (Wildman–Crippen MR) is 148 cm³/mol. The predicted octanol–water partition coefficient (Wildman–Crippen LogP) is 7.06. The Labute approximate surface area is 254 Å². The highest BCUT2D eigenvalue weighted by Gasteiger charge is 2.57. The minimum absolute atomic E-state index is 0.0424. The quantitative estimate of drug-likeness (QED) is 0.233. The number of nitrogens with one attached hydrogen (secondary N) is 2. The molecule has 3 aliphatic rings. The Morgan fingerprint density at radius 1 is 0.978 bits per heavy atom. The minimum atomic E-state index is -4.45. The summed E-state index contributed by atoms with van der Waals surface area (Å²) in [4.78, 5) is 30.4. The van der Waals surface area contributed by atoms with Gasteiger partial charge >= 0.3 is 6.18 Å². The number of carbonyl (C=O) groups excluding carboxylic acids is 2. The fraction of sp³-hybridized carbons (Fsp3) is 0.548. The van der Waals surface area contributed by atoms with Crippen molar-refractivity contribution < 1.29 is 40.3 Å². The van der Waals surface area contributed by atoms with Crippen molar-refractivity contribution in [2.75, 3.05) is 0 Å². The smallest absolute Gasteiger partial charge is 0.349 e. The molecule has 242 valence electrons. The third-order valence-corrected chi connectivity index (χ3v) is 8.98. The Bertz CT molecular complexity index is 1580. The molecule has 3 fully saturated rings. The van der Waals surface area contributed by atoms with Crippen LogP contribution in [0.2, 0.25) is 0 Å². The second-order valence-corrected chi connectivity index (χ2v) is 12.5. The van der Waals surface area contributed by atoms with Gasteiger partial charge < -0.3 is 10.6 Å². The van der Waals surface area contributed by atoms with Crippen molar-refractivity contribution in [3.8, 4) is 0 Å². The maximum Gasteiger partial charge on any atom is 0.389 e. The van der Waals surface area contributed by atoms with Crippen LogP contribution in [0.25, 0.3) is 5.65 Å². The molecule has 0 aliphatic heterocycles. The third kappa shape index (κ3) is 7.41. The van der Waals surface area contributed by atoms with E-state index in [-0.39, 0.29) is 49.5 Å². The zero-order valence-electron chi connectivity index (χ0n) is 24.1. The third-order valence-electron chi connectivity index (χ3n) is 8.98. The van der Waals surface area contributed by atoms with Crippen LogP contribution in [0, 0.1) is 11.8 Å². The lowest BCUT2D eigenvalue weighted by Crippen LogP contribution is -2.37. The number of hydrogen-bond donors (Lipinski definition) is 2. The molecule has 1 aromatic carbocycles. The second kappa shape index (κ2) is 11.6. The Hall–Kier alpha value is -3.71. The van der Waals surface area contributed by atoms with Crippen molar-refractivity contribution in [1.82, 2.24) is 25.2 Å². The molecule has 0 saturated heterocycles. The number of imidazole rings is 1. The number of aromatic nitrogens is 3. The first-order valence-electron chi connectivity index (χ1n) is 15.1. The Morgan fingerprint density at radius 3 is 2.31 bits per heavy atom. The lowest BCUT2D eigenvalue weighted by atomic mass is 9.81. The molecule has 0 bridgehead atoms. The lowest BCUT2D eigenvalue weighted by molar-refractivity contribution is -0.144. The van der Waals surface area contributed by atoms with Gasteiger partial charge in [0, 0.05) is 31.2 Å². The van der Waals surface area contributed by atoms with E-state index < -0.39 is 60.7 Å². The zero-order chi connectivity index (χ0) is 32.1. The first kappa shape index (κ1) is 31.3. The molecule has 3 aliphatic carbocycles. The van der Waals surface area contributed by atoms with Gasteiger partial charge in [-0.3, -0.25) is 9.59 Å². The van der Waals surface area contributed by atoms with Crippen molar-refractivity contribution in [2.45, 2.75) is 93.8 Å². The van der Waals surface area contributed by atoms with Gasteiger partial charge in [-0.1, -0.05) is 12.1 Å². The molecule has 2 unspecified atom stereocenters. The standard InChI is InChI=1S/C31H32F7N5O2/c32-29(33)9-6-18(7-10-29)27(42-28(45)20-3-1-2-19(12-20)22-14-30(22,34)35)23-16-43-24(40-23)13-21(15-39-43)26(17-4-5-17)41-25(44)8-11-31(36,37)38/h1-3,12-13,15-18,22,26-27H,4-11,14H2,(H,41,44)(H,42,45)/t22?,26?,27-/m0/s1. The highest BCUT2D eigenvalue weighted by molar-refractivity contribution is 5.94. The first-order valence-corrected chi connectivity index (χ1v) is 15.1. The van der Waals surface area contributed by atoms with Crippen LogP contribution in [0.3, 0.4) is 0 Å². The molecule has 7 nitrogen and oxygen atoms in total. The fourth-order valence-corrected chi connectivity index (χ4v) is 6.16. The molecule has 2 N–H and O–H groups in total. The normalized spacial score (nSPS) is 22.5. The van der Waals surface area contributed by atoms with Crippen molar-refractivity contribution in [3.05, 3.63) is 65.1 Å². The number of hydrogen-bond acceptors (Lipinski definition) is 4. The summed E-state index contributed by atoms with van der Waals surface area (Å²) in [6, 6.07) is 6.33. The molecule has 3 saturated carbocycles. The molecule has 3 aromatic rings. The maximum absolute atomic E-state index is 14.1. The van der Waals surface area contributed by atoms with Crippen LogP contribution in [-0.4, -0.2) is 44.4 Å². The monoisotopic (exact) mass is 639 g/mol. The number of benzene rings is 1. The largest absolute Gasteiger partial charge is 0.389 e. The summed E-state index contributed by atoms with van der Waals surface area (Å²) in [5, 5.41) is 9.99.